The Labute approximate surface area is 134 Å². The Kier molecular flexibility index (Phi) is 6.73. The van der Waals surface area contributed by atoms with E-state index in [1.54, 1.807) is 0 Å². The van der Waals surface area contributed by atoms with E-state index in [9.17, 15) is 0 Å². The minimum atomic E-state index is 0.535. The molecular formula is C17H20BrNO2. The van der Waals surface area contributed by atoms with Crippen molar-refractivity contribution >= 4 is 15.9 Å². The molecule has 0 atom stereocenters. The normalized spacial score (nSPS) is 10.6. The third-order valence-corrected chi connectivity index (χ3v) is 3.55. The van der Waals surface area contributed by atoms with Crippen LogP contribution in [0.5, 0.6) is 5.75 Å². The zero-order valence-corrected chi connectivity index (χ0v) is 13.5. The van der Waals surface area contributed by atoms with Gasteiger partial charge >= 0.3 is 0 Å². The van der Waals surface area contributed by atoms with Crippen molar-refractivity contribution in [2.24, 2.45) is 5.73 Å². The van der Waals surface area contributed by atoms with Crippen LogP contribution < -0.4 is 10.5 Å². The van der Waals surface area contributed by atoms with Crippen molar-refractivity contribution < 1.29 is 9.47 Å². The zero-order valence-electron chi connectivity index (χ0n) is 11.9. The lowest BCUT2D eigenvalue weighted by Gasteiger charge is -2.08. The Morgan fingerprint density at radius 1 is 0.952 bits per heavy atom. The van der Waals surface area contributed by atoms with E-state index in [2.05, 4.69) is 28.1 Å². The first-order chi connectivity index (χ1) is 10.3. The summed E-state index contributed by atoms with van der Waals surface area (Å²) in [4.78, 5) is 0. The molecule has 0 saturated carbocycles. The molecule has 3 nitrogen and oxygen atoms in total. The van der Waals surface area contributed by atoms with Gasteiger partial charge in [0.25, 0.3) is 0 Å². The van der Waals surface area contributed by atoms with Crippen molar-refractivity contribution in [2.75, 3.05) is 13.2 Å². The first kappa shape index (κ1) is 16.0. The van der Waals surface area contributed by atoms with Crippen LogP contribution in [0.15, 0.2) is 53.0 Å². The molecule has 0 saturated heterocycles. The van der Waals surface area contributed by atoms with Gasteiger partial charge in [-0.25, -0.2) is 0 Å². The summed E-state index contributed by atoms with van der Waals surface area (Å²) in [7, 11) is 0. The van der Waals surface area contributed by atoms with E-state index in [0.717, 1.165) is 22.2 Å². The van der Waals surface area contributed by atoms with Gasteiger partial charge in [0.2, 0.25) is 0 Å². The average molecular weight is 350 g/mol. The number of hydrogen-bond donors (Lipinski definition) is 1. The maximum Gasteiger partial charge on any atom is 0.119 e. The Morgan fingerprint density at radius 2 is 1.76 bits per heavy atom. The number of benzene rings is 2. The summed E-state index contributed by atoms with van der Waals surface area (Å²) in [5, 5.41) is 0. The lowest BCUT2D eigenvalue weighted by Crippen LogP contribution is -2.04. The van der Waals surface area contributed by atoms with Gasteiger partial charge in [-0.05, 0) is 35.4 Å². The summed E-state index contributed by atoms with van der Waals surface area (Å²) in [5.41, 5.74) is 7.86. The number of halogens is 1. The van der Waals surface area contributed by atoms with Crippen molar-refractivity contribution in [3.63, 3.8) is 0 Å². The molecule has 21 heavy (non-hydrogen) atoms. The fourth-order valence-electron chi connectivity index (χ4n) is 1.88. The van der Waals surface area contributed by atoms with Crippen LogP contribution in [0.1, 0.15) is 17.5 Å². The van der Waals surface area contributed by atoms with Crippen LogP contribution in [0, 0.1) is 0 Å². The summed E-state index contributed by atoms with van der Waals surface area (Å²) in [6.45, 7) is 2.50. The SMILES string of the molecule is NCc1cccc(OCCCOCc2ccc(Br)cc2)c1. The van der Waals surface area contributed by atoms with Gasteiger partial charge in [-0.2, -0.15) is 0 Å². The van der Waals surface area contributed by atoms with Crippen LogP contribution in [0.2, 0.25) is 0 Å². The van der Waals surface area contributed by atoms with Crippen molar-refractivity contribution in [1.29, 1.82) is 0 Å². The number of ether oxygens (including phenoxy) is 2. The quantitative estimate of drug-likeness (QED) is 0.735. The molecule has 0 aliphatic rings. The van der Waals surface area contributed by atoms with E-state index in [1.165, 1.54) is 5.56 Å². The molecule has 0 aromatic heterocycles. The third kappa shape index (κ3) is 5.87. The highest BCUT2D eigenvalue weighted by molar-refractivity contribution is 9.10. The van der Waals surface area contributed by atoms with Crippen LogP contribution >= 0.6 is 15.9 Å². The molecule has 2 rings (SSSR count). The molecule has 0 fully saturated rings. The van der Waals surface area contributed by atoms with Crippen LogP contribution in [0.3, 0.4) is 0 Å². The van der Waals surface area contributed by atoms with Crippen LogP contribution in [-0.2, 0) is 17.9 Å². The van der Waals surface area contributed by atoms with E-state index in [-0.39, 0.29) is 0 Å². The predicted octanol–water partition coefficient (Wildman–Crippen LogP) is 3.89. The van der Waals surface area contributed by atoms with Gasteiger partial charge in [0.1, 0.15) is 5.75 Å². The van der Waals surface area contributed by atoms with Gasteiger partial charge in [0, 0.05) is 17.4 Å². The summed E-state index contributed by atoms with van der Waals surface area (Å²) >= 11 is 3.42. The topological polar surface area (TPSA) is 44.5 Å². The minimum absolute atomic E-state index is 0.535. The lowest BCUT2D eigenvalue weighted by atomic mass is 10.2. The second kappa shape index (κ2) is 8.82. The summed E-state index contributed by atoms with van der Waals surface area (Å²) < 4.78 is 12.4. The molecule has 0 bridgehead atoms. The Bertz CT molecular complexity index is 543. The van der Waals surface area contributed by atoms with Gasteiger partial charge in [-0.3, -0.25) is 0 Å². The largest absolute Gasteiger partial charge is 0.493 e. The molecule has 0 heterocycles. The van der Waals surface area contributed by atoms with E-state index >= 15 is 0 Å². The monoisotopic (exact) mass is 349 g/mol. The van der Waals surface area contributed by atoms with E-state index in [4.69, 9.17) is 15.2 Å². The number of nitrogens with two attached hydrogens (primary N) is 1. The highest BCUT2D eigenvalue weighted by Gasteiger charge is 1.97. The molecule has 0 amide bonds. The fourth-order valence-corrected chi connectivity index (χ4v) is 2.15. The van der Waals surface area contributed by atoms with E-state index in [1.807, 2.05) is 36.4 Å². The standard InChI is InChI=1S/C17H20BrNO2/c18-16-7-5-14(6-8-16)13-20-9-2-10-21-17-4-1-3-15(11-17)12-19/h1,3-8,11H,2,9-10,12-13,19H2. The molecule has 2 aromatic carbocycles. The molecule has 0 spiro atoms. The van der Waals surface area contributed by atoms with Crippen molar-refractivity contribution in [2.45, 2.75) is 19.6 Å². The highest BCUT2D eigenvalue weighted by Crippen LogP contribution is 2.13. The van der Waals surface area contributed by atoms with Crippen molar-refractivity contribution in [3.05, 3.63) is 64.1 Å². The van der Waals surface area contributed by atoms with Gasteiger partial charge in [0.15, 0.2) is 0 Å². The first-order valence-electron chi connectivity index (χ1n) is 7.02. The van der Waals surface area contributed by atoms with Gasteiger partial charge < -0.3 is 15.2 Å². The maximum absolute atomic E-state index is 5.67. The molecule has 0 aliphatic carbocycles. The van der Waals surface area contributed by atoms with Gasteiger partial charge in [-0.1, -0.05) is 40.2 Å². The maximum atomic E-state index is 5.67. The second-order valence-corrected chi connectivity index (χ2v) is 5.65. The zero-order chi connectivity index (χ0) is 14.9. The molecule has 4 heteroatoms. The molecule has 0 aliphatic heterocycles. The predicted molar refractivity (Wildman–Crippen MR) is 88.2 cm³/mol. The summed E-state index contributed by atoms with van der Waals surface area (Å²) in [6.07, 6.45) is 0.864. The molecule has 2 aromatic rings. The molecule has 0 unspecified atom stereocenters. The number of hydrogen-bond acceptors (Lipinski definition) is 3. The Morgan fingerprint density at radius 3 is 2.52 bits per heavy atom. The number of rotatable bonds is 8. The van der Waals surface area contributed by atoms with Crippen LogP contribution in [-0.4, -0.2) is 13.2 Å². The Hall–Kier alpha value is -1.36. The fraction of sp³-hybridized carbons (Fsp3) is 0.294. The average Bonchev–Trinajstić information content (AvgIpc) is 2.52. The second-order valence-electron chi connectivity index (χ2n) is 4.73. The molecule has 112 valence electrons. The highest BCUT2D eigenvalue weighted by atomic mass is 79.9. The van der Waals surface area contributed by atoms with Crippen LogP contribution in [0.4, 0.5) is 0 Å². The van der Waals surface area contributed by atoms with E-state index in [0.29, 0.717) is 26.4 Å². The summed E-state index contributed by atoms with van der Waals surface area (Å²) in [5.74, 6) is 0.867. The summed E-state index contributed by atoms with van der Waals surface area (Å²) in [6, 6.07) is 16.0. The van der Waals surface area contributed by atoms with Gasteiger partial charge in [0.05, 0.1) is 19.8 Å². The van der Waals surface area contributed by atoms with Gasteiger partial charge in [-0.15, -0.1) is 0 Å². The van der Waals surface area contributed by atoms with Crippen LogP contribution in [0.25, 0.3) is 0 Å². The first-order valence-corrected chi connectivity index (χ1v) is 7.81. The lowest BCUT2D eigenvalue weighted by molar-refractivity contribution is 0.107. The Balaban J connectivity index is 1.60. The molecule has 0 radical (unpaired) electrons. The molecule has 2 N–H and O–H groups in total. The van der Waals surface area contributed by atoms with E-state index < -0.39 is 0 Å². The third-order valence-electron chi connectivity index (χ3n) is 3.02. The smallest absolute Gasteiger partial charge is 0.119 e. The molecular weight excluding hydrogens is 330 g/mol. The van der Waals surface area contributed by atoms with Crippen molar-refractivity contribution in [3.8, 4) is 5.75 Å². The minimum Gasteiger partial charge on any atom is -0.493 e. The van der Waals surface area contributed by atoms with Crippen molar-refractivity contribution in [1.82, 2.24) is 0 Å².